The van der Waals surface area contributed by atoms with Gasteiger partial charge in [0.05, 0.1) is 6.42 Å². The maximum atomic E-state index is 11.5. The van der Waals surface area contributed by atoms with Gasteiger partial charge in [0, 0.05) is 13.1 Å². The van der Waals surface area contributed by atoms with Gasteiger partial charge in [-0.1, -0.05) is 18.2 Å². The number of fused-ring (bicyclic) bond motifs is 1. The first-order valence-electron chi connectivity index (χ1n) is 5.87. The van der Waals surface area contributed by atoms with Crippen LogP contribution in [0.25, 0.3) is 0 Å². The van der Waals surface area contributed by atoms with Gasteiger partial charge in [0.1, 0.15) is 0 Å². The molecule has 0 atom stereocenters. The Morgan fingerprint density at radius 3 is 3.12 bits per heavy atom. The molecule has 86 valence electrons. The first kappa shape index (κ1) is 11.1. The van der Waals surface area contributed by atoms with Crippen molar-refractivity contribution in [3.8, 4) is 0 Å². The SMILES string of the molecule is CCNC(=O)Cc1ccc2c(c1)CCNC2. The Labute approximate surface area is 96.2 Å². The van der Waals surface area contributed by atoms with Crippen LogP contribution in [0, 0.1) is 0 Å². The van der Waals surface area contributed by atoms with Crippen LogP contribution in [0.15, 0.2) is 18.2 Å². The van der Waals surface area contributed by atoms with Gasteiger partial charge in [-0.05, 0) is 36.6 Å². The van der Waals surface area contributed by atoms with Crippen molar-refractivity contribution in [2.24, 2.45) is 0 Å². The molecular formula is C13H18N2O. The van der Waals surface area contributed by atoms with Gasteiger partial charge in [0.2, 0.25) is 5.91 Å². The highest BCUT2D eigenvalue weighted by molar-refractivity contribution is 5.78. The van der Waals surface area contributed by atoms with Crippen LogP contribution in [0.4, 0.5) is 0 Å². The molecule has 0 radical (unpaired) electrons. The molecule has 1 aliphatic heterocycles. The highest BCUT2D eigenvalue weighted by Crippen LogP contribution is 2.16. The van der Waals surface area contributed by atoms with Crippen molar-refractivity contribution in [2.75, 3.05) is 13.1 Å². The summed E-state index contributed by atoms with van der Waals surface area (Å²) in [7, 11) is 0. The van der Waals surface area contributed by atoms with E-state index in [1.807, 2.05) is 6.92 Å². The lowest BCUT2D eigenvalue weighted by molar-refractivity contribution is -0.120. The van der Waals surface area contributed by atoms with E-state index in [0.717, 1.165) is 25.1 Å². The number of benzene rings is 1. The second kappa shape index (κ2) is 5.12. The fourth-order valence-corrected chi connectivity index (χ4v) is 2.09. The van der Waals surface area contributed by atoms with Crippen LogP contribution >= 0.6 is 0 Å². The third kappa shape index (κ3) is 2.61. The molecule has 2 rings (SSSR count). The average molecular weight is 218 g/mol. The van der Waals surface area contributed by atoms with Crippen LogP contribution in [0.1, 0.15) is 23.6 Å². The van der Waals surface area contributed by atoms with E-state index in [9.17, 15) is 4.79 Å². The third-order valence-corrected chi connectivity index (χ3v) is 2.90. The second-order valence-electron chi connectivity index (χ2n) is 4.16. The molecule has 1 amide bonds. The molecule has 2 N–H and O–H groups in total. The van der Waals surface area contributed by atoms with E-state index < -0.39 is 0 Å². The Hall–Kier alpha value is -1.35. The molecule has 3 heteroatoms. The summed E-state index contributed by atoms with van der Waals surface area (Å²) >= 11 is 0. The number of hydrogen-bond acceptors (Lipinski definition) is 2. The van der Waals surface area contributed by atoms with E-state index >= 15 is 0 Å². The fourth-order valence-electron chi connectivity index (χ4n) is 2.09. The summed E-state index contributed by atoms with van der Waals surface area (Å²) < 4.78 is 0. The van der Waals surface area contributed by atoms with Crippen LogP contribution in [0.2, 0.25) is 0 Å². The molecule has 0 unspecified atom stereocenters. The minimum atomic E-state index is 0.108. The van der Waals surface area contributed by atoms with Crippen molar-refractivity contribution in [1.82, 2.24) is 10.6 Å². The maximum absolute atomic E-state index is 11.5. The van der Waals surface area contributed by atoms with Crippen molar-refractivity contribution >= 4 is 5.91 Å². The summed E-state index contributed by atoms with van der Waals surface area (Å²) in [5.74, 6) is 0.108. The summed E-state index contributed by atoms with van der Waals surface area (Å²) in [6.45, 7) is 4.64. The number of nitrogens with one attached hydrogen (secondary N) is 2. The van der Waals surface area contributed by atoms with E-state index in [0.29, 0.717) is 13.0 Å². The molecular weight excluding hydrogens is 200 g/mol. The number of hydrogen-bond donors (Lipinski definition) is 2. The van der Waals surface area contributed by atoms with Crippen LogP contribution in [0.3, 0.4) is 0 Å². The van der Waals surface area contributed by atoms with E-state index in [2.05, 4.69) is 28.8 Å². The van der Waals surface area contributed by atoms with Gasteiger partial charge in [-0.25, -0.2) is 0 Å². The number of carbonyl (C=O) groups excluding carboxylic acids is 1. The Morgan fingerprint density at radius 2 is 2.31 bits per heavy atom. The lowest BCUT2D eigenvalue weighted by Crippen LogP contribution is -2.25. The normalized spacial score (nSPS) is 14.3. The lowest BCUT2D eigenvalue weighted by atomic mass is 9.97. The van der Waals surface area contributed by atoms with Crippen LogP contribution in [0.5, 0.6) is 0 Å². The Bertz CT molecular complexity index is 388. The Morgan fingerprint density at radius 1 is 1.44 bits per heavy atom. The van der Waals surface area contributed by atoms with Gasteiger partial charge in [-0.3, -0.25) is 4.79 Å². The average Bonchev–Trinajstić information content (AvgIpc) is 2.29. The summed E-state index contributed by atoms with van der Waals surface area (Å²) in [4.78, 5) is 11.5. The minimum absolute atomic E-state index is 0.108. The molecule has 3 nitrogen and oxygen atoms in total. The minimum Gasteiger partial charge on any atom is -0.356 e. The smallest absolute Gasteiger partial charge is 0.224 e. The molecule has 0 aromatic heterocycles. The Balaban J connectivity index is 2.08. The van der Waals surface area contributed by atoms with E-state index in [1.165, 1.54) is 11.1 Å². The summed E-state index contributed by atoms with van der Waals surface area (Å²) in [6, 6.07) is 6.36. The van der Waals surface area contributed by atoms with Gasteiger partial charge in [-0.2, -0.15) is 0 Å². The maximum Gasteiger partial charge on any atom is 0.224 e. The number of likely N-dealkylation sites (N-methyl/N-ethyl adjacent to an activating group) is 1. The molecule has 0 fully saturated rings. The predicted molar refractivity (Wildman–Crippen MR) is 64.2 cm³/mol. The van der Waals surface area contributed by atoms with Gasteiger partial charge in [-0.15, -0.1) is 0 Å². The van der Waals surface area contributed by atoms with Crippen molar-refractivity contribution < 1.29 is 4.79 Å². The molecule has 0 saturated carbocycles. The van der Waals surface area contributed by atoms with Crippen molar-refractivity contribution in [3.05, 3.63) is 34.9 Å². The largest absolute Gasteiger partial charge is 0.356 e. The Kier molecular flexibility index (Phi) is 3.57. The van der Waals surface area contributed by atoms with Crippen LogP contribution < -0.4 is 10.6 Å². The lowest BCUT2D eigenvalue weighted by Gasteiger charge is -2.17. The first-order valence-corrected chi connectivity index (χ1v) is 5.87. The number of carbonyl (C=O) groups is 1. The summed E-state index contributed by atoms with van der Waals surface area (Å²) in [5.41, 5.74) is 3.87. The topological polar surface area (TPSA) is 41.1 Å². The van der Waals surface area contributed by atoms with Crippen molar-refractivity contribution in [3.63, 3.8) is 0 Å². The van der Waals surface area contributed by atoms with Crippen molar-refractivity contribution in [2.45, 2.75) is 26.3 Å². The second-order valence-corrected chi connectivity index (χ2v) is 4.16. The van der Waals surface area contributed by atoms with Gasteiger partial charge in [0.15, 0.2) is 0 Å². The first-order chi connectivity index (χ1) is 7.79. The molecule has 0 spiro atoms. The summed E-state index contributed by atoms with van der Waals surface area (Å²) in [5, 5.41) is 6.16. The molecule has 16 heavy (non-hydrogen) atoms. The zero-order chi connectivity index (χ0) is 11.4. The number of amides is 1. The standard InChI is InChI=1S/C13H18N2O/c1-2-15-13(16)8-10-3-4-12-9-14-6-5-11(12)7-10/h3-4,7,14H,2,5-6,8-9H2,1H3,(H,15,16). The predicted octanol–water partition coefficient (Wildman–Crippen LogP) is 1.01. The highest BCUT2D eigenvalue weighted by atomic mass is 16.1. The molecule has 0 aliphatic carbocycles. The summed E-state index contributed by atoms with van der Waals surface area (Å²) in [6.07, 6.45) is 1.56. The van der Waals surface area contributed by atoms with Crippen LogP contribution in [-0.4, -0.2) is 19.0 Å². The monoisotopic (exact) mass is 218 g/mol. The highest BCUT2D eigenvalue weighted by Gasteiger charge is 2.10. The molecule has 1 aromatic carbocycles. The zero-order valence-corrected chi connectivity index (χ0v) is 9.68. The molecule has 0 saturated heterocycles. The van der Waals surface area contributed by atoms with Crippen molar-refractivity contribution in [1.29, 1.82) is 0 Å². The van der Waals surface area contributed by atoms with Gasteiger partial charge in [0.25, 0.3) is 0 Å². The molecule has 1 aromatic rings. The molecule has 1 aliphatic rings. The van der Waals surface area contributed by atoms with Gasteiger partial charge < -0.3 is 10.6 Å². The van der Waals surface area contributed by atoms with E-state index in [1.54, 1.807) is 0 Å². The fraction of sp³-hybridized carbons (Fsp3) is 0.462. The number of rotatable bonds is 3. The van der Waals surface area contributed by atoms with Crippen LogP contribution in [-0.2, 0) is 24.2 Å². The van der Waals surface area contributed by atoms with E-state index in [4.69, 9.17) is 0 Å². The molecule has 1 heterocycles. The quantitative estimate of drug-likeness (QED) is 0.795. The zero-order valence-electron chi connectivity index (χ0n) is 9.68. The molecule has 0 bridgehead atoms. The van der Waals surface area contributed by atoms with E-state index in [-0.39, 0.29) is 5.91 Å². The third-order valence-electron chi connectivity index (χ3n) is 2.90. The van der Waals surface area contributed by atoms with Gasteiger partial charge >= 0.3 is 0 Å².